The van der Waals surface area contributed by atoms with Crippen LogP contribution in [-0.4, -0.2) is 17.0 Å². The summed E-state index contributed by atoms with van der Waals surface area (Å²) in [4.78, 5) is 23.8. The highest BCUT2D eigenvalue weighted by Gasteiger charge is 2.13. The Kier molecular flexibility index (Phi) is 5.80. The van der Waals surface area contributed by atoms with Gasteiger partial charge in [-0.25, -0.2) is 4.79 Å². The molecule has 0 atom stereocenters. The van der Waals surface area contributed by atoms with Crippen LogP contribution in [0.5, 0.6) is 0 Å². The fourth-order valence-corrected chi connectivity index (χ4v) is 2.71. The van der Waals surface area contributed by atoms with Crippen molar-refractivity contribution >= 4 is 23.6 Å². The molecule has 0 saturated heterocycles. The maximum absolute atomic E-state index is 12.3. The second-order valence-electron chi connectivity index (χ2n) is 6.00. The molecule has 4 heteroatoms. The van der Waals surface area contributed by atoms with Gasteiger partial charge in [0.2, 0.25) is 5.91 Å². The molecule has 0 aromatic heterocycles. The van der Waals surface area contributed by atoms with E-state index in [0.717, 1.165) is 16.7 Å². The Hall–Kier alpha value is -3.66. The average molecular weight is 357 g/mol. The molecule has 1 amide bonds. The van der Waals surface area contributed by atoms with E-state index in [1.54, 1.807) is 18.2 Å². The maximum atomic E-state index is 12.3. The number of carbonyl (C=O) groups is 2. The number of carbonyl (C=O) groups excluding carboxylic acids is 1. The minimum atomic E-state index is -1.08. The van der Waals surface area contributed by atoms with Crippen molar-refractivity contribution in [1.82, 2.24) is 0 Å². The van der Waals surface area contributed by atoms with Crippen LogP contribution in [0.25, 0.3) is 17.2 Å². The highest BCUT2D eigenvalue weighted by Crippen LogP contribution is 2.26. The monoisotopic (exact) mass is 357 g/mol. The van der Waals surface area contributed by atoms with Crippen molar-refractivity contribution in [2.45, 2.75) is 6.42 Å². The zero-order valence-corrected chi connectivity index (χ0v) is 14.6. The first-order valence-corrected chi connectivity index (χ1v) is 8.58. The van der Waals surface area contributed by atoms with Crippen molar-refractivity contribution in [3.63, 3.8) is 0 Å². The van der Waals surface area contributed by atoms with Gasteiger partial charge in [-0.05, 0) is 28.8 Å². The SMILES string of the molecule is O=C(C/C=C/c1ccccc1)Nc1cc(-c2ccccc2)ccc1C(=O)O. The molecule has 4 nitrogen and oxygen atoms in total. The molecule has 0 saturated carbocycles. The van der Waals surface area contributed by atoms with Gasteiger partial charge in [0, 0.05) is 6.42 Å². The van der Waals surface area contributed by atoms with Crippen LogP contribution in [-0.2, 0) is 4.79 Å². The molecular formula is C23H19NO3. The number of aromatic carboxylic acids is 1. The van der Waals surface area contributed by atoms with Gasteiger partial charge < -0.3 is 10.4 Å². The van der Waals surface area contributed by atoms with Gasteiger partial charge in [0.15, 0.2) is 0 Å². The van der Waals surface area contributed by atoms with E-state index in [1.807, 2.05) is 66.7 Å². The van der Waals surface area contributed by atoms with Gasteiger partial charge in [-0.2, -0.15) is 0 Å². The molecule has 2 N–H and O–H groups in total. The number of rotatable bonds is 6. The lowest BCUT2D eigenvalue weighted by Crippen LogP contribution is -2.13. The third kappa shape index (κ3) is 4.92. The highest BCUT2D eigenvalue weighted by atomic mass is 16.4. The lowest BCUT2D eigenvalue weighted by Gasteiger charge is -2.10. The first-order chi connectivity index (χ1) is 13.1. The highest BCUT2D eigenvalue weighted by molar-refractivity contribution is 6.02. The second kappa shape index (κ2) is 8.63. The summed E-state index contributed by atoms with van der Waals surface area (Å²) in [5.41, 5.74) is 3.16. The Labute approximate surface area is 157 Å². The number of carboxylic acid groups (broad SMARTS) is 1. The van der Waals surface area contributed by atoms with Crippen LogP contribution in [0.3, 0.4) is 0 Å². The van der Waals surface area contributed by atoms with Crippen molar-refractivity contribution in [2.24, 2.45) is 0 Å². The summed E-state index contributed by atoms with van der Waals surface area (Å²) in [5, 5.41) is 12.1. The molecule has 3 aromatic carbocycles. The summed E-state index contributed by atoms with van der Waals surface area (Å²) < 4.78 is 0. The molecule has 0 fully saturated rings. The normalized spacial score (nSPS) is 10.7. The van der Waals surface area contributed by atoms with Crippen molar-refractivity contribution < 1.29 is 14.7 Å². The molecule has 0 aliphatic heterocycles. The van der Waals surface area contributed by atoms with Crippen molar-refractivity contribution in [3.05, 3.63) is 96.1 Å². The van der Waals surface area contributed by atoms with Gasteiger partial charge in [-0.3, -0.25) is 4.79 Å². The van der Waals surface area contributed by atoms with E-state index in [1.165, 1.54) is 6.07 Å². The summed E-state index contributed by atoms with van der Waals surface area (Å²) in [6.07, 6.45) is 3.77. The van der Waals surface area contributed by atoms with E-state index in [4.69, 9.17) is 0 Å². The molecule has 0 heterocycles. The summed E-state index contributed by atoms with van der Waals surface area (Å²) in [7, 11) is 0. The Bertz CT molecular complexity index is 963. The third-order valence-corrected chi connectivity index (χ3v) is 4.04. The fraction of sp³-hybridized carbons (Fsp3) is 0.0435. The number of carboxylic acids is 1. The van der Waals surface area contributed by atoms with E-state index in [9.17, 15) is 14.7 Å². The lowest BCUT2D eigenvalue weighted by atomic mass is 10.0. The van der Waals surface area contributed by atoms with Crippen LogP contribution in [0.1, 0.15) is 22.3 Å². The summed E-state index contributed by atoms with van der Waals surface area (Å²) in [6, 6.07) is 24.2. The van der Waals surface area contributed by atoms with Gasteiger partial charge in [0.25, 0.3) is 0 Å². The molecule has 0 aliphatic rings. The number of hydrogen-bond donors (Lipinski definition) is 2. The molecule has 0 unspecified atom stereocenters. The molecule has 0 aliphatic carbocycles. The van der Waals surface area contributed by atoms with Gasteiger partial charge >= 0.3 is 5.97 Å². The number of benzene rings is 3. The first kappa shape index (κ1) is 18.1. The van der Waals surface area contributed by atoms with E-state index < -0.39 is 5.97 Å². The van der Waals surface area contributed by atoms with E-state index in [2.05, 4.69) is 5.32 Å². The largest absolute Gasteiger partial charge is 0.478 e. The molecule has 3 aromatic rings. The van der Waals surface area contributed by atoms with Crippen LogP contribution < -0.4 is 5.32 Å². The van der Waals surface area contributed by atoms with E-state index in [-0.39, 0.29) is 17.9 Å². The number of anilines is 1. The molecule has 27 heavy (non-hydrogen) atoms. The summed E-state index contributed by atoms with van der Waals surface area (Å²) in [6.45, 7) is 0. The number of amides is 1. The van der Waals surface area contributed by atoms with Crippen LogP contribution in [0.2, 0.25) is 0 Å². The number of nitrogens with one attached hydrogen (secondary N) is 1. The first-order valence-electron chi connectivity index (χ1n) is 8.58. The van der Waals surface area contributed by atoms with Gasteiger partial charge in [0.05, 0.1) is 11.3 Å². The van der Waals surface area contributed by atoms with Gasteiger partial charge in [-0.15, -0.1) is 0 Å². The lowest BCUT2D eigenvalue weighted by molar-refractivity contribution is -0.115. The second-order valence-corrected chi connectivity index (χ2v) is 6.00. The molecule has 0 radical (unpaired) electrons. The zero-order chi connectivity index (χ0) is 19.1. The number of hydrogen-bond acceptors (Lipinski definition) is 2. The Morgan fingerprint density at radius 2 is 1.52 bits per heavy atom. The zero-order valence-electron chi connectivity index (χ0n) is 14.6. The van der Waals surface area contributed by atoms with E-state index >= 15 is 0 Å². The van der Waals surface area contributed by atoms with Crippen LogP contribution in [0.15, 0.2) is 84.9 Å². The molecule has 3 rings (SSSR count). The molecular weight excluding hydrogens is 338 g/mol. The van der Waals surface area contributed by atoms with Gasteiger partial charge in [-0.1, -0.05) is 78.9 Å². The molecule has 0 bridgehead atoms. The average Bonchev–Trinajstić information content (AvgIpc) is 2.69. The van der Waals surface area contributed by atoms with Crippen molar-refractivity contribution in [3.8, 4) is 11.1 Å². The van der Waals surface area contributed by atoms with Crippen LogP contribution >= 0.6 is 0 Å². The predicted molar refractivity (Wildman–Crippen MR) is 108 cm³/mol. The van der Waals surface area contributed by atoms with Crippen molar-refractivity contribution in [2.75, 3.05) is 5.32 Å². The Morgan fingerprint density at radius 3 is 2.19 bits per heavy atom. The molecule has 134 valence electrons. The van der Waals surface area contributed by atoms with Gasteiger partial charge in [0.1, 0.15) is 0 Å². The Morgan fingerprint density at radius 1 is 0.852 bits per heavy atom. The summed E-state index contributed by atoms with van der Waals surface area (Å²) >= 11 is 0. The molecule has 0 spiro atoms. The quantitative estimate of drug-likeness (QED) is 0.645. The van der Waals surface area contributed by atoms with E-state index in [0.29, 0.717) is 5.69 Å². The standard InChI is InChI=1S/C23H19NO3/c25-22(13-7-10-17-8-3-1-4-9-17)24-21-16-19(14-15-20(21)23(26)27)18-11-5-2-6-12-18/h1-12,14-16H,13H2,(H,24,25)(H,26,27)/b10-7+. The topological polar surface area (TPSA) is 66.4 Å². The minimum absolute atomic E-state index is 0.0649. The van der Waals surface area contributed by atoms with Crippen LogP contribution in [0, 0.1) is 0 Å². The smallest absolute Gasteiger partial charge is 0.337 e. The predicted octanol–water partition coefficient (Wildman–Crippen LogP) is 5.09. The minimum Gasteiger partial charge on any atom is -0.478 e. The fourth-order valence-electron chi connectivity index (χ4n) is 2.71. The summed E-state index contributed by atoms with van der Waals surface area (Å²) in [5.74, 6) is -1.35. The third-order valence-electron chi connectivity index (χ3n) is 4.04. The van der Waals surface area contributed by atoms with Crippen molar-refractivity contribution in [1.29, 1.82) is 0 Å². The maximum Gasteiger partial charge on any atom is 0.337 e. The Balaban J connectivity index is 1.76. The van der Waals surface area contributed by atoms with Crippen LogP contribution in [0.4, 0.5) is 5.69 Å².